The number of carboxylic acids is 1. The van der Waals surface area contributed by atoms with Gasteiger partial charge < -0.3 is 20.5 Å². The minimum atomic E-state index is -0.823. The highest BCUT2D eigenvalue weighted by Crippen LogP contribution is 2.44. The Balaban J connectivity index is 1.26. The fraction of sp³-hybridized carbons (Fsp3) is 0.375. The lowest BCUT2D eigenvalue weighted by molar-refractivity contribution is -0.143. The third-order valence-electron chi connectivity index (χ3n) is 6.13. The molecule has 0 radical (unpaired) electrons. The molecule has 7 nitrogen and oxygen atoms in total. The smallest absolute Gasteiger partial charge is 0.407 e. The maximum atomic E-state index is 12.2. The Hall–Kier alpha value is -3.35. The quantitative estimate of drug-likeness (QED) is 0.663. The van der Waals surface area contributed by atoms with Crippen LogP contribution in [0.3, 0.4) is 0 Å². The van der Waals surface area contributed by atoms with Crippen LogP contribution in [0.4, 0.5) is 4.79 Å². The number of alkyl carbamates (subject to hydrolysis) is 1. The molecule has 7 heteroatoms. The van der Waals surface area contributed by atoms with Crippen molar-refractivity contribution in [3.05, 3.63) is 59.7 Å². The van der Waals surface area contributed by atoms with Gasteiger partial charge in [-0.25, -0.2) is 4.79 Å². The van der Waals surface area contributed by atoms with Crippen LogP contribution in [0.1, 0.15) is 42.7 Å². The monoisotopic (exact) mass is 422 g/mol. The highest BCUT2D eigenvalue weighted by atomic mass is 16.5. The number of carbonyl (C=O) groups excluding carboxylic acids is 2. The third kappa shape index (κ3) is 4.71. The average Bonchev–Trinajstić information content (AvgIpc) is 3.10. The van der Waals surface area contributed by atoms with E-state index in [1.807, 2.05) is 36.4 Å². The van der Waals surface area contributed by atoms with E-state index in [4.69, 9.17) is 9.84 Å². The Morgan fingerprint density at radius 2 is 1.61 bits per heavy atom. The Kier molecular flexibility index (Phi) is 6.21. The van der Waals surface area contributed by atoms with E-state index in [9.17, 15) is 14.4 Å². The number of hydrogen-bond donors (Lipinski definition) is 3. The Morgan fingerprint density at radius 1 is 0.968 bits per heavy atom. The summed E-state index contributed by atoms with van der Waals surface area (Å²) in [5.74, 6) is -1.63. The summed E-state index contributed by atoms with van der Waals surface area (Å²) >= 11 is 0. The van der Waals surface area contributed by atoms with Crippen molar-refractivity contribution in [3.8, 4) is 11.1 Å². The molecule has 2 aromatic carbocycles. The number of nitrogens with one attached hydrogen (secondary N) is 2. The van der Waals surface area contributed by atoms with Crippen molar-refractivity contribution in [2.24, 2.45) is 5.92 Å². The number of aliphatic carboxylic acids is 1. The van der Waals surface area contributed by atoms with Gasteiger partial charge in [-0.1, -0.05) is 55.0 Å². The number of fused-ring (bicyclic) bond motifs is 3. The lowest BCUT2D eigenvalue weighted by atomic mass is 9.86. The van der Waals surface area contributed by atoms with Gasteiger partial charge in [-0.05, 0) is 41.5 Å². The van der Waals surface area contributed by atoms with Crippen LogP contribution in [-0.2, 0) is 14.3 Å². The van der Waals surface area contributed by atoms with Gasteiger partial charge in [-0.2, -0.15) is 0 Å². The normalized spacial score (nSPS) is 19.7. The topological polar surface area (TPSA) is 105 Å². The summed E-state index contributed by atoms with van der Waals surface area (Å²) in [6.45, 7) is -0.0185. The van der Waals surface area contributed by atoms with E-state index < -0.39 is 18.0 Å². The van der Waals surface area contributed by atoms with E-state index in [0.29, 0.717) is 12.8 Å². The molecule has 1 fully saturated rings. The first kappa shape index (κ1) is 20.9. The van der Waals surface area contributed by atoms with Gasteiger partial charge in [0.1, 0.15) is 13.2 Å². The van der Waals surface area contributed by atoms with Crippen LogP contribution in [0.2, 0.25) is 0 Å². The Bertz CT molecular complexity index is 944. The molecule has 0 spiro atoms. The molecule has 2 amide bonds. The van der Waals surface area contributed by atoms with Crippen LogP contribution >= 0.6 is 0 Å². The van der Waals surface area contributed by atoms with Crippen LogP contribution in [0.25, 0.3) is 11.1 Å². The summed E-state index contributed by atoms with van der Waals surface area (Å²) in [7, 11) is 0. The van der Waals surface area contributed by atoms with Crippen molar-refractivity contribution in [1.82, 2.24) is 10.6 Å². The van der Waals surface area contributed by atoms with E-state index in [1.165, 1.54) is 0 Å². The minimum absolute atomic E-state index is 0.0397. The SMILES string of the molecule is O=C(CNC(=O)OCC1c2ccccc2-c2ccccc21)N[C@@H]1CCC[C@@H](C(=O)O)C1. The fourth-order valence-electron chi connectivity index (χ4n) is 4.63. The van der Waals surface area contributed by atoms with E-state index in [1.54, 1.807) is 0 Å². The predicted molar refractivity (Wildman–Crippen MR) is 115 cm³/mol. The second-order valence-electron chi connectivity index (χ2n) is 8.15. The highest BCUT2D eigenvalue weighted by Gasteiger charge is 2.30. The van der Waals surface area contributed by atoms with E-state index in [2.05, 4.69) is 22.8 Å². The van der Waals surface area contributed by atoms with Gasteiger partial charge in [-0.3, -0.25) is 9.59 Å². The molecule has 31 heavy (non-hydrogen) atoms. The highest BCUT2D eigenvalue weighted by molar-refractivity contribution is 5.83. The molecule has 2 atom stereocenters. The third-order valence-corrected chi connectivity index (χ3v) is 6.13. The number of amides is 2. The average molecular weight is 422 g/mol. The number of benzene rings is 2. The zero-order valence-electron chi connectivity index (χ0n) is 17.2. The maximum absolute atomic E-state index is 12.2. The number of rotatable bonds is 6. The standard InChI is InChI=1S/C24H26N2O5/c27-22(26-16-7-5-6-15(12-16)23(28)29)13-25-24(30)31-14-21-19-10-3-1-8-17(19)18-9-2-4-11-20(18)21/h1-4,8-11,15-16,21H,5-7,12-14H2,(H,25,30)(H,26,27)(H,28,29)/t15-,16-/m1/s1. The van der Waals surface area contributed by atoms with Crippen molar-refractivity contribution < 1.29 is 24.2 Å². The number of carboxylic acid groups (broad SMARTS) is 1. The van der Waals surface area contributed by atoms with Crippen LogP contribution < -0.4 is 10.6 Å². The van der Waals surface area contributed by atoms with Gasteiger partial charge in [0, 0.05) is 12.0 Å². The molecule has 2 aromatic rings. The minimum Gasteiger partial charge on any atom is -0.481 e. The molecule has 0 bridgehead atoms. The number of ether oxygens (including phenoxy) is 1. The van der Waals surface area contributed by atoms with E-state index in [0.717, 1.165) is 35.1 Å². The van der Waals surface area contributed by atoms with Gasteiger partial charge in [-0.15, -0.1) is 0 Å². The molecule has 0 heterocycles. The molecule has 2 aliphatic rings. The Labute approximate surface area is 180 Å². The summed E-state index contributed by atoms with van der Waals surface area (Å²) in [5, 5.41) is 14.4. The summed E-state index contributed by atoms with van der Waals surface area (Å²) in [6.07, 6.45) is 1.93. The fourth-order valence-corrected chi connectivity index (χ4v) is 4.63. The van der Waals surface area contributed by atoms with Gasteiger partial charge in [0.15, 0.2) is 0 Å². The largest absolute Gasteiger partial charge is 0.481 e. The first-order valence-electron chi connectivity index (χ1n) is 10.6. The van der Waals surface area contributed by atoms with E-state index in [-0.39, 0.29) is 31.0 Å². The lowest BCUT2D eigenvalue weighted by Gasteiger charge is -2.27. The van der Waals surface area contributed by atoms with Gasteiger partial charge in [0.2, 0.25) is 5.91 Å². The first-order valence-corrected chi connectivity index (χ1v) is 10.6. The van der Waals surface area contributed by atoms with Crippen molar-refractivity contribution >= 4 is 18.0 Å². The van der Waals surface area contributed by atoms with Crippen LogP contribution in [0.15, 0.2) is 48.5 Å². The van der Waals surface area contributed by atoms with Crippen molar-refractivity contribution in [1.29, 1.82) is 0 Å². The van der Waals surface area contributed by atoms with Gasteiger partial charge in [0.25, 0.3) is 0 Å². The molecule has 162 valence electrons. The molecule has 0 aromatic heterocycles. The van der Waals surface area contributed by atoms with Crippen LogP contribution in [0.5, 0.6) is 0 Å². The Morgan fingerprint density at radius 3 is 2.26 bits per heavy atom. The molecule has 1 saturated carbocycles. The molecular weight excluding hydrogens is 396 g/mol. The number of hydrogen-bond acceptors (Lipinski definition) is 4. The van der Waals surface area contributed by atoms with E-state index >= 15 is 0 Å². The van der Waals surface area contributed by atoms with Crippen molar-refractivity contribution in [2.75, 3.05) is 13.2 Å². The first-order chi connectivity index (χ1) is 15.0. The molecule has 0 unspecified atom stereocenters. The summed E-state index contributed by atoms with van der Waals surface area (Å²) < 4.78 is 5.42. The molecule has 2 aliphatic carbocycles. The molecule has 4 rings (SSSR count). The predicted octanol–water partition coefficient (Wildman–Crippen LogP) is 3.28. The number of carbonyl (C=O) groups is 3. The summed E-state index contributed by atoms with van der Waals surface area (Å²) in [5.41, 5.74) is 4.55. The summed E-state index contributed by atoms with van der Waals surface area (Å²) in [4.78, 5) is 35.5. The molecule has 0 saturated heterocycles. The molecular formula is C24H26N2O5. The van der Waals surface area contributed by atoms with Crippen LogP contribution in [0, 0.1) is 5.92 Å². The van der Waals surface area contributed by atoms with Gasteiger partial charge >= 0.3 is 12.1 Å². The van der Waals surface area contributed by atoms with Gasteiger partial charge in [0.05, 0.1) is 5.92 Å². The maximum Gasteiger partial charge on any atom is 0.407 e. The zero-order chi connectivity index (χ0) is 21.8. The summed E-state index contributed by atoms with van der Waals surface area (Å²) in [6, 6.07) is 16.0. The second kappa shape index (κ2) is 9.20. The molecule has 0 aliphatic heterocycles. The lowest BCUT2D eigenvalue weighted by Crippen LogP contribution is -2.44. The molecule has 3 N–H and O–H groups in total. The van der Waals surface area contributed by atoms with Crippen molar-refractivity contribution in [2.45, 2.75) is 37.6 Å². The second-order valence-corrected chi connectivity index (χ2v) is 8.15. The zero-order valence-corrected chi connectivity index (χ0v) is 17.2. The van der Waals surface area contributed by atoms with Crippen LogP contribution in [-0.4, -0.2) is 42.3 Å². The van der Waals surface area contributed by atoms with Crippen molar-refractivity contribution in [3.63, 3.8) is 0 Å².